The van der Waals surface area contributed by atoms with Crippen LogP contribution in [0.3, 0.4) is 0 Å². The number of dihydropyridines is 1. The van der Waals surface area contributed by atoms with Gasteiger partial charge in [-0.15, -0.1) is 0 Å². The molecule has 8 heteroatoms. The van der Waals surface area contributed by atoms with Crippen molar-refractivity contribution in [3.05, 3.63) is 58.6 Å². The molecule has 2 aliphatic rings. The van der Waals surface area contributed by atoms with Gasteiger partial charge in [-0.3, -0.25) is 0 Å². The third-order valence-corrected chi connectivity index (χ3v) is 5.00. The standard InChI is InChI=1S/C23H28FNO6/c1-5-28-22(26)30-20-17(14-9-11-16(24)12-10-14)21(31-23(27)29-6-2)19(15-7-8-15)25-18(20)13(3)4/h9-13,15,17,25H,5-8H2,1-4H3. The van der Waals surface area contributed by atoms with Crippen LogP contribution in [-0.4, -0.2) is 25.5 Å². The number of nitrogens with one attached hydrogen (secondary N) is 1. The average Bonchev–Trinajstić information content (AvgIpc) is 3.54. The first-order chi connectivity index (χ1) is 14.8. The second-order valence-electron chi connectivity index (χ2n) is 7.66. The van der Waals surface area contributed by atoms with Crippen molar-refractivity contribution in [3.63, 3.8) is 0 Å². The van der Waals surface area contributed by atoms with Gasteiger partial charge in [0.2, 0.25) is 0 Å². The van der Waals surface area contributed by atoms with Crippen molar-refractivity contribution < 1.29 is 32.9 Å². The zero-order chi connectivity index (χ0) is 22.5. The highest BCUT2D eigenvalue weighted by molar-refractivity contribution is 5.65. The molecular weight excluding hydrogens is 405 g/mol. The second kappa shape index (κ2) is 9.85. The number of rotatable bonds is 7. The van der Waals surface area contributed by atoms with E-state index in [0.717, 1.165) is 18.5 Å². The van der Waals surface area contributed by atoms with E-state index in [2.05, 4.69) is 5.32 Å². The van der Waals surface area contributed by atoms with Crippen molar-refractivity contribution in [2.45, 2.75) is 46.5 Å². The number of halogens is 1. The molecule has 0 radical (unpaired) electrons. The number of carbonyl (C=O) groups excluding carboxylic acids is 2. The number of carbonyl (C=O) groups is 2. The molecule has 168 valence electrons. The summed E-state index contributed by atoms with van der Waals surface area (Å²) >= 11 is 0. The molecule has 1 N–H and O–H groups in total. The Kier molecular flexibility index (Phi) is 7.20. The first-order valence-electron chi connectivity index (χ1n) is 10.5. The van der Waals surface area contributed by atoms with E-state index in [-0.39, 0.29) is 36.6 Å². The van der Waals surface area contributed by atoms with Gasteiger partial charge in [0.15, 0.2) is 0 Å². The van der Waals surface area contributed by atoms with E-state index in [1.54, 1.807) is 26.0 Å². The van der Waals surface area contributed by atoms with Crippen molar-refractivity contribution in [1.29, 1.82) is 0 Å². The number of hydrogen-bond acceptors (Lipinski definition) is 7. The Bertz CT molecular complexity index is 844. The maximum Gasteiger partial charge on any atom is 0.513 e. The van der Waals surface area contributed by atoms with Gasteiger partial charge in [0.05, 0.1) is 24.6 Å². The van der Waals surface area contributed by atoms with Crippen molar-refractivity contribution in [2.75, 3.05) is 13.2 Å². The van der Waals surface area contributed by atoms with Crippen LogP contribution >= 0.6 is 0 Å². The number of benzene rings is 1. The van der Waals surface area contributed by atoms with Crippen LogP contribution in [0.25, 0.3) is 0 Å². The molecule has 1 aromatic carbocycles. The Morgan fingerprint density at radius 2 is 1.55 bits per heavy atom. The lowest BCUT2D eigenvalue weighted by molar-refractivity contribution is 0.0639. The quantitative estimate of drug-likeness (QED) is 0.581. The summed E-state index contributed by atoms with van der Waals surface area (Å²) in [6, 6.07) is 5.79. The monoisotopic (exact) mass is 433 g/mol. The van der Waals surface area contributed by atoms with E-state index in [1.807, 2.05) is 13.8 Å². The molecule has 1 atom stereocenters. The van der Waals surface area contributed by atoms with Crippen LogP contribution < -0.4 is 5.32 Å². The van der Waals surface area contributed by atoms with Gasteiger partial charge in [0.25, 0.3) is 0 Å². The minimum absolute atomic E-state index is 0.0368. The average molecular weight is 433 g/mol. The van der Waals surface area contributed by atoms with Gasteiger partial charge in [-0.2, -0.15) is 0 Å². The Morgan fingerprint density at radius 3 is 2.03 bits per heavy atom. The summed E-state index contributed by atoms with van der Waals surface area (Å²) in [5.74, 6) is -0.461. The predicted octanol–water partition coefficient (Wildman–Crippen LogP) is 5.35. The van der Waals surface area contributed by atoms with E-state index in [1.165, 1.54) is 12.1 Å². The highest BCUT2D eigenvalue weighted by Crippen LogP contribution is 2.47. The van der Waals surface area contributed by atoms with Crippen LogP contribution in [0.2, 0.25) is 0 Å². The van der Waals surface area contributed by atoms with Crippen LogP contribution in [-0.2, 0) is 18.9 Å². The van der Waals surface area contributed by atoms with Gasteiger partial charge >= 0.3 is 12.3 Å². The first-order valence-corrected chi connectivity index (χ1v) is 10.5. The molecule has 1 heterocycles. The van der Waals surface area contributed by atoms with Crippen LogP contribution in [0.4, 0.5) is 14.0 Å². The van der Waals surface area contributed by atoms with Crippen LogP contribution in [0, 0.1) is 17.7 Å². The molecule has 0 saturated heterocycles. The van der Waals surface area contributed by atoms with Gasteiger partial charge in [-0.25, -0.2) is 14.0 Å². The molecule has 31 heavy (non-hydrogen) atoms. The molecule has 0 amide bonds. The van der Waals surface area contributed by atoms with E-state index in [0.29, 0.717) is 11.3 Å². The highest BCUT2D eigenvalue weighted by atomic mass is 19.1. The Labute approximate surface area is 181 Å². The molecular formula is C23H28FNO6. The molecule has 3 rings (SSSR count). The summed E-state index contributed by atoms with van der Waals surface area (Å²) < 4.78 is 34.9. The van der Waals surface area contributed by atoms with E-state index < -0.39 is 24.0 Å². The number of hydrogen-bond donors (Lipinski definition) is 1. The van der Waals surface area contributed by atoms with Crippen LogP contribution in [0.1, 0.15) is 52.0 Å². The minimum Gasteiger partial charge on any atom is -0.434 e. The molecule has 0 bridgehead atoms. The van der Waals surface area contributed by atoms with E-state index >= 15 is 0 Å². The van der Waals surface area contributed by atoms with Gasteiger partial charge in [0.1, 0.15) is 23.3 Å². The van der Waals surface area contributed by atoms with E-state index in [9.17, 15) is 14.0 Å². The van der Waals surface area contributed by atoms with Gasteiger partial charge in [-0.1, -0.05) is 26.0 Å². The Morgan fingerprint density at radius 1 is 1.00 bits per heavy atom. The minimum atomic E-state index is -0.866. The summed E-state index contributed by atoms with van der Waals surface area (Å²) in [4.78, 5) is 24.5. The van der Waals surface area contributed by atoms with Gasteiger partial charge in [0, 0.05) is 5.92 Å². The predicted molar refractivity (Wildman–Crippen MR) is 110 cm³/mol. The fraction of sp³-hybridized carbons (Fsp3) is 0.478. The van der Waals surface area contributed by atoms with Crippen molar-refractivity contribution in [1.82, 2.24) is 5.32 Å². The summed E-state index contributed by atoms with van der Waals surface area (Å²) in [6.45, 7) is 7.57. The summed E-state index contributed by atoms with van der Waals surface area (Å²) in [5, 5.41) is 3.34. The first kappa shape index (κ1) is 22.7. The highest BCUT2D eigenvalue weighted by Gasteiger charge is 2.42. The fourth-order valence-electron chi connectivity index (χ4n) is 3.46. The lowest BCUT2D eigenvalue weighted by Gasteiger charge is -2.33. The Balaban J connectivity index is 2.14. The SMILES string of the molecule is CCOC(=O)OC1=C(C(C)C)NC(C2CC2)=C(OC(=O)OCC)C1c1ccc(F)cc1. The fourth-order valence-corrected chi connectivity index (χ4v) is 3.46. The van der Waals surface area contributed by atoms with Crippen molar-refractivity contribution in [2.24, 2.45) is 11.8 Å². The van der Waals surface area contributed by atoms with Crippen molar-refractivity contribution in [3.8, 4) is 0 Å². The number of allylic oxidation sites excluding steroid dienone is 2. The summed E-state index contributed by atoms with van der Waals surface area (Å²) in [7, 11) is 0. The normalized spacial score (nSPS) is 18.6. The summed E-state index contributed by atoms with van der Waals surface area (Å²) in [6.07, 6.45) is 0.157. The van der Waals surface area contributed by atoms with E-state index in [4.69, 9.17) is 18.9 Å². The number of ether oxygens (including phenoxy) is 4. The lowest BCUT2D eigenvalue weighted by Crippen LogP contribution is -2.33. The van der Waals surface area contributed by atoms with Crippen LogP contribution in [0.5, 0.6) is 0 Å². The molecule has 1 saturated carbocycles. The molecule has 0 spiro atoms. The second-order valence-corrected chi connectivity index (χ2v) is 7.66. The third kappa shape index (κ3) is 5.37. The maximum absolute atomic E-state index is 13.6. The third-order valence-electron chi connectivity index (χ3n) is 5.00. The van der Waals surface area contributed by atoms with Crippen molar-refractivity contribution >= 4 is 12.3 Å². The molecule has 1 aliphatic heterocycles. The largest absolute Gasteiger partial charge is 0.513 e. The van der Waals surface area contributed by atoms with Gasteiger partial charge in [-0.05, 0) is 50.3 Å². The molecule has 1 unspecified atom stereocenters. The maximum atomic E-state index is 13.6. The smallest absolute Gasteiger partial charge is 0.434 e. The molecule has 1 fully saturated rings. The topological polar surface area (TPSA) is 83.1 Å². The zero-order valence-electron chi connectivity index (χ0n) is 18.2. The molecule has 0 aromatic heterocycles. The summed E-state index contributed by atoms with van der Waals surface area (Å²) in [5.41, 5.74) is 2.04. The van der Waals surface area contributed by atoms with Gasteiger partial charge < -0.3 is 24.3 Å². The molecule has 1 aromatic rings. The molecule has 7 nitrogen and oxygen atoms in total. The zero-order valence-corrected chi connectivity index (χ0v) is 18.2. The Hall–Kier alpha value is -3.03. The van der Waals surface area contributed by atoms with Crippen LogP contribution in [0.15, 0.2) is 47.2 Å². The molecule has 1 aliphatic carbocycles. The lowest BCUT2D eigenvalue weighted by atomic mass is 9.87.